The van der Waals surface area contributed by atoms with Crippen LogP contribution in [0, 0.1) is 0 Å². The van der Waals surface area contributed by atoms with Crippen molar-refractivity contribution in [2.24, 2.45) is 0 Å². The second-order valence-electron chi connectivity index (χ2n) is 5.08. The van der Waals surface area contributed by atoms with Gasteiger partial charge in [-0.3, -0.25) is 4.79 Å². The van der Waals surface area contributed by atoms with Crippen LogP contribution in [-0.4, -0.2) is 30.8 Å². The Hall–Kier alpha value is -1.94. The van der Waals surface area contributed by atoms with Gasteiger partial charge in [0.1, 0.15) is 5.25 Å². The molecule has 10 heteroatoms. The number of carbonyl (C=O) groups excluding carboxylic acids is 1. The molecule has 0 bridgehead atoms. The number of thiazole rings is 1. The summed E-state index contributed by atoms with van der Waals surface area (Å²) in [6.07, 6.45) is -3.53. The van der Waals surface area contributed by atoms with Gasteiger partial charge < -0.3 is 5.32 Å². The lowest BCUT2D eigenvalue weighted by atomic mass is 10.1. The number of rotatable bonds is 4. The minimum atomic E-state index is -4.46. The molecule has 1 heterocycles. The van der Waals surface area contributed by atoms with E-state index in [-0.39, 0.29) is 16.4 Å². The Kier molecular flexibility index (Phi) is 5.00. The molecule has 0 aliphatic rings. The topological polar surface area (TPSA) is 76.1 Å². The van der Waals surface area contributed by atoms with Gasteiger partial charge in [-0.2, -0.15) is 13.2 Å². The molecule has 0 saturated carbocycles. The zero-order valence-corrected chi connectivity index (χ0v) is 14.2. The maximum atomic E-state index is 12.7. The third-order valence-corrected chi connectivity index (χ3v) is 5.49. The largest absolute Gasteiger partial charge is 0.416 e. The normalized spacial score (nSPS) is 13.5. The predicted octanol–water partition coefficient (Wildman–Crippen LogP) is 3.20. The number of anilines is 1. The van der Waals surface area contributed by atoms with E-state index in [1.165, 1.54) is 24.4 Å². The molecule has 0 spiro atoms. The van der Waals surface area contributed by atoms with Crippen molar-refractivity contribution in [2.75, 3.05) is 11.6 Å². The van der Waals surface area contributed by atoms with Crippen molar-refractivity contribution in [3.8, 4) is 11.3 Å². The standard InChI is InChI=1S/C14H13F3N2O3S2/c1-8(24(2,21)22)12(20)19-13-18-11(7-23-13)9-4-3-5-10(6-9)14(15,16)17/h3-8H,1-2H3,(H,18,19,20)/t8-/m1/s1. The van der Waals surface area contributed by atoms with Gasteiger partial charge in [-0.1, -0.05) is 12.1 Å². The van der Waals surface area contributed by atoms with Crippen molar-refractivity contribution >= 4 is 32.2 Å². The van der Waals surface area contributed by atoms with Gasteiger partial charge in [0.2, 0.25) is 5.91 Å². The Bertz CT molecular complexity index is 860. The van der Waals surface area contributed by atoms with E-state index in [1.807, 2.05) is 0 Å². The number of benzene rings is 1. The Balaban J connectivity index is 2.21. The highest BCUT2D eigenvalue weighted by atomic mass is 32.2. The van der Waals surface area contributed by atoms with E-state index in [4.69, 9.17) is 0 Å². The summed E-state index contributed by atoms with van der Waals surface area (Å²) < 4.78 is 60.9. The average molecular weight is 378 g/mol. The van der Waals surface area contributed by atoms with Gasteiger partial charge in [-0.15, -0.1) is 11.3 Å². The third kappa shape index (κ3) is 4.32. The monoisotopic (exact) mass is 378 g/mol. The van der Waals surface area contributed by atoms with Gasteiger partial charge in [0.05, 0.1) is 11.3 Å². The Morgan fingerprint density at radius 1 is 1.33 bits per heavy atom. The molecular weight excluding hydrogens is 365 g/mol. The molecule has 1 N–H and O–H groups in total. The summed E-state index contributed by atoms with van der Waals surface area (Å²) in [7, 11) is -3.55. The number of sulfone groups is 1. The maximum Gasteiger partial charge on any atom is 0.416 e. The summed E-state index contributed by atoms with van der Waals surface area (Å²) >= 11 is 0.995. The molecule has 0 unspecified atom stereocenters. The van der Waals surface area contributed by atoms with Crippen LogP contribution in [-0.2, 0) is 20.8 Å². The SMILES string of the molecule is C[C@H](C(=O)Nc1nc(-c2cccc(C(F)(F)F)c2)cs1)S(C)(=O)=O. The zero-order chi connectivity index (χ0) is 18.1. The molecule has 2 rings (SSSR count). The number of halogens is 3. The minimum Gasteiger partial charge on any atom is -0.301 e. The summed E-state index contributed by atoms with van der Waals surface area (Å²) in [5.41, 5.74) is -0.296. The van der Waals surface area contributed by atoms with E-state index < -0.39 is 32.7 Å². The van der Waals surface area contributed by atoms with Crippen LogP contribution in [0.1, 0.15) is 12.5 Å². The first-order valence-corrected chi connectivity index (χ1v) is 9.45. The lowest BCUT2D eigenvalue weighted by molar-refractivity contribution is -0.137. The van der Waals surface area contributed by atoms with Gasteiger partial charge >= 0.3 is 6.18 Å². The van der Waals surface area contributed by atoms with Crippen LogP contribution < -0.4 is 5.32 Å². The van der Waals surface area contributed by atoms with Crippen LogP contribution in [0.5, 0.6) is 0 Å². The molecule has 0 fully saturated rings. The molecule has 2 aromatic rings. The maximum absolute atomic E-state index is 12.7. The Labute approximate surface area is 140 Å². The van der Waals surface area contributed by atoms with E-state index in [9.17, 15) is 26.4 Å². The number of nitrogens with one attached hydrogen (secondary N) is 1. The molecule has 1 aromatic heterocycles. The lowest BCUT2D eigenvalue weighted by Gasteiger charge is -2.08. The molecule has 1 atom stereocenters. The number of hydrogen-bond acceptors (Lipinski definition) is 5. The number of alkyl halides is 3. The number of amides is 1. The van der Waals surface area contributed by atoms with Crippen molar-refractivity contribution in [3.05, 3.63) is 35.2 Å². The van der Waals surface area contributed by atoms with Crippen LogP contribution in [0.3, 0.4) is 0 Å². The number of aromatic nitrogens is 1. The van der Waals surface area contributed by atoms with Crippen LogP contribution >= 0.6 is 11.3 Å². The number of nitrogens with zero attached hydrogens (tertiary/aromatic N) is 1. The molecule has 24 heavy (non-hydrogen) atoms. The van der Waals surface area contributed by atoms with E-state index in [1.54, 1.807) is 0 Å². The van der Waals surface area contributed by atoms with E-state index >= 15 is 0 Å². The highest BCUT2D eigenvalue weighted by Gasteiger charge is 2.30. The van der Waals surface area contributed by atoms with E-state index in [0.29, 0.717) is 0 Å². The van der Waals surface area contributed by atoms with Crippen LogP contribution in [0.15, 0.2) is 29.6 Å². The van der Waals surface area contributed by atoms with Gasteiger partial charge in [0.15, 0.2) is 15.0 Å². The van der Waals surface area contributed by atoms with Crippen molar-refractivity contribution in [1.29, 1.82) is 0 Å². The number of carbonyl (C=O) groups is 1. The predicted molar refractivity (Wildman–Crippen MR) is 85.5 cm³/mol. The summed E-state index contributed by atoms with van der Waals surface area (Å²) in [5.74, 6) is -0.748. The van der Waals surface area contributed by atoms with Crippen LogP contribution in [0.25, 0.3) is 11.3 Å². The quantitative estimate of drug-likeness (QED) is 0.886. The zero-order valence-electron chi connectivity index (χ0n) is 12.6. The summed E-state index contributed by atoms with van der Waals surface area (Å²) in [5, 5.41) is 2.70. The molecule has 1 amide bonds. The van der Waals surface area contributed by atoms with Crippen molar-refractivity contribution in [3.63, 3.8) is 0 Å². The fourth-order valence-electron chi connectivity index (χ4n) is 1.72. The van der Waals surface area contributed by atoms with Crippen molar-refractivity contribution in [1.82, 2.24) is 4.98 Å². The first-order chi connectivity index (χ1) is 11.0. The molecule has 130 valence electrons. The summed E-state index contributed by atoms with van der Waals surface area (Å²) in [4.78, 5) is 15.9. The summed E-state index contributed by atoms with van der Waals surface area (Å²) in [6.45, 7) is 1.24. The van der Waals surface area contributed by atoms with Gasteiger partial charge in [0, 0.05) is 17.2 Å². The molecule has 5 nitrogen and oxygen atoms in total. The molecule has 0 aliphatic carbocycles. The Morgan fingerprint density at radius 2 is 2.00 bits per heavy atom. The fourth-order valence-corrected chi connectivity index (χ4v) is 2.89. The third-order valence-electron chi connectivity index (χ3n) is 3.23. The lowest BCUT2D eigenvalue weighted by Crippen LogP contribution is -2.31. The highest BCUT2D eigenvalue weighted by molar-refractivity contribution is 7.92. The Morgan fingerprint density at radius 3 is 2.58 bits per heavy atom. The minimum absolute atomic E-state index is 0.114. The van der Waals surface area contributed by atoms with Crippen LogP contribution in [0.2, 0.25) is 0 Å². The van der Waals surface area contributed by atoms with Crippen molar-refractivity contribution < 1.29 is 26.4 Å². The van der Waals surface area contributed by atoms with Gasteiger partial charge in [-0.25, -0.2) is 13.4 Å². The number of hydrogen-bond donors (Lipinski definition) is 1. The smallest absolute Gasteiger partial charge is 0.301 e. The van der Waals surface area contributed by atoms with Gasteiger partial charge in [-0.05, 0) is 19.1 Å². The molecule has 1 aromatic carbocycles. The molecular formula is C14H13F3N2O3S2. The second kappa shape index (κ2) is 6.52. The average Bonchev–Trinajstić information content (AvgIpc) is 2.93. The van der Waals surface area contributed by atoms with Gasteiger partial charge in [0.25, 0.3) is 0 Å². The highest BCUT2D eigenvalue weighted by Crippen LogP contribution is 2.33. The van der Waals surface area contributed by atoms with Crippen LogP contribution in [0.4, 0.5) is 18.3 Å². The van der Waals surface area contributed by atoms with E-state index in [2.05, 4.69) is 10.3 Å². The first kappa shape index (κ1) is 18.4. The molecule has 0 radical (unpaired) electrons. The molecule has 0 aliphatic heterocycles. The first-order valence-electron chi connectivity index (χ1n) is 6.61. The molecule has 0 saturated heterocycles. The van der Waals surface area contributed by atoms with E-state index in [0.717, 1.165) is 29.7 Å². The summed E-state index contributed by atoms with van der Waals surface area (Å²) in [6, 6.07) is 4.64. The second-order valence-corrected chi connectivity index (χ2v) is 8.30. The fraction of sp³-hybridized carbons (Fsp3) is 0.286. The van der Waals surface area contributed by atoms with Crippen molar-refractivity contribution in [2.45, 2.75) is 18.3 Å².